The Morgan fingerprint density at radius 3 is 2.58 bits per heavy atom. The average molecular weight is 274 g/mol. The maximum absolute atomic E-state index is 12.8. The third-order valence-electron chi connectivity index (χ3n) is 3.08. The quantitative estimate of drug-likeness (QED) is 0.905. The fourth-order valence-corrected chi connectivity index (χ4v) is 2.18. The monoisotopic (exact) mass is 274 g/mol. The first-order valence-corrected chi connectivity index (χ1v) is 6.49. The molecule has 2 rings (SSSR count). The molecule has 0 unspecified atom stereocenters. The number of hydrogen-bond donors (Lipinski definition) is 1. The number of ether oxygens (including phenoxy) is 1. The molecule has 6 heteroatoms. The summed E-state index contributed by atoms with van der Waals surface area (Å²) in [4.78, 5) is 4.07. The molecule has 1 aliphatic rings. The first kappa shape index (κ1) is 14.0. The molecule has 1 aliphatic carbocycles. The summed E-state index contributed by atoms with van der Waals surface area (Å²) >= 11 is 0. The van der Waals surface area contributed by atoms with Gasteiger partial charge in [0.15, 0.2) is 0 Å². The minimum absolute atomic E-state index is 0.00883. The number of pyridine rings is 1. The number of halogens is 3. The summed E-state index contributed by atoms with van der Waals surface area (Å²) in [6, 6.07) is 1.98. The Kier molecular flexibility index (Phi) is 4.17. The lowest BCUT2D eigenvalue weighted by atomic mass is 10.2. The molecule has 19 heavy (non-hydrogen) atoms. The number of alkyl halides is 3. The van der Waals surface area contributed by atoms with Crippen LogP contribution in [0.5, 0.6) is 5.88 Å². The standard InChI is InChI=1S/C13H17F3N2O/c1-2-17-11-7-9(13(14,15)16)8-12(18-11)19-10-5-3-4-6-10/h7-8,10H,2-6H2,1H3,(H,17,18). The van der Waals surface area contributed by atoms with Crippen LogP contribution in [-0.4, -0.2) is 17.6 Å². The second-order valence-electron chi connectivity index (χ2n) is 4.63. The molecule has 1 aromatic heterocycles. The molecule has 0 saturated heterocycles. The SMILES string of the molecule is CCNc1cc(C(F)(F)F)cc(OC2CCCC2)n1. The molecule has 1 aromatic rings. The van der Waals surface area contributed by atoms with Crippen LogP contribution >= 0.6 is 0 Å². The van der Waals surface area contributed by atoms with Gasteiger partial charge in [-0.3, -0.25) is 0 Å². The van der Waals surface area contributed by atoms with Gasteiger partial charge in [0.05, 0.1) is 5.56 Å². The third-order valence-corrected chi connectivity index (χ3v) is 3.08. The second kappa shape index (κ2) is 5.67. The zero-order valence-corrected chi connectivity index (χ0v) is 10.8. The highest BCUT2D eigenvalue weighted by Gasteiger charge is 2.32. The van der Waals surface area contributed by atoms with E-state index in [9.17, 15) is 13.2 Å². The van der Waals surface area contributed by atoms with Crippen molar-refractivity contribution in [3.05, 3.63) is 17.7 Å². The maximum Gasteiger partial charge on any atom is 0.416 e. The van der Waals surface area contributed by atoms with Crippen molar-refractivity contribution < 1.29 is 17.9 Å². The van der Waals surface area contributed by atoms with Crippen LogP contribution in [0.25, 0.3) is 0 Å². The van der Waals surface area contributed by atoms with Gasteiger partial charge >= 0.3 is 6.18 Å². The number of rotatable bonds is 4. The van der Waals surface area contributed by atoms with Gasteiger partial charge in [0.25, 0.3) is 0 Å². The molecule has 0 spiro atoms. The molecule has 1 N–H and O–H groups in total. The highest BCUT2D eigenvalue weighted by molar-refractivity contribution is 5.42. The Morgan fingerprint density at radius 1 is 1.32 bits per heavy atom. The molecule has 106 valence electrons. The van der Waals surface area contributed by atoms with Gasteiger partial charge in [0.2, 0.25) is 5.88 Å². The van der Waals surface area contributed by atoms with E-state index < -0.39 is 11.7 Å². The van der Waals surface area contributed by atoms with Crippen molar-refractivity contribution in [3.63, 3.8) is 0 Å². The molecular weight excluding hydrogens is 257 g/mol. The largest absolute Gasteiger partial charge is 0.474 e. The van der Waals surface area contributed by atoms with E-state index in [4.69, 9.17) is 4.74 Å². The Morgan fingerprint density at radius 2 is 2.00 bits per heavy atom. The van der Waals surface area contributed by atoms with Crippen LogP contribution < -0.4 is 10.1 Å². The predicted octanol–water partition coefficient (Wildman–Crippen LogP) is 3.85. The zero-order chi connectivity index (χ0) is 13.9. The third kappa shape index (κ3) is 3.75. The number of aromatic nitrogens is 1. The van der Waals surface area contributed by atoms with Gasteiger partial charge in [-0.25, -0.2) is 0 Å². The lowest BCUT2D eigenvalue weighted by Gasteiger charge is -2.15. The molecule has 0 bridgehead atoms. The lowest BCUT2D eigenvalue weighted by molar-refractivity contribution is -0.137. The summed E-state index contributed by atoms with van der Waals surface area (Å²) < 4.78 is 43.9. The molecule has 1 saturated carbocycles. The van der Waals surface area contributed by atoms with Crippen molar-refractivity contribution in [2.24, 2.45) is 0 Å². The minimum Gasteiger partial charge on any atom is -0.474 e. The van der Waals surface area contributed by atoms with Crippen LogP contribution in [0, 0.1) is 0 Å². The molecule has 1 heterocycles. The van der Waals surface area contributed by atoms with Crippen LogP contribution in [0.3, 0.4) is 0 Å². The van der Waals surface area contributed by atoms with Gasteiger partial charge in [-0.2, -0.15) is 18.2 Å². The highest BCUT2D eigenvalue weighted by Crippen LogP contribution is 2.33. The molecule has 0 radical (unpaired) electrons. The van der Waals surface area contributed by atoms with Gasteiger partial charge in [0.1, 0.15) is 11.9 Å². The number of nitrogens with zero attached hydrogens (tertiary/aromatic N) is 1. The number of hydrogen-bond acceptors (Lipinski definition) is 3. The molecular formula is C13H17F3N2O. The van der Waals surface area contributed by atoms with E-state index >= 15 is 0 Å². The average Bonchev–Trinajstić information content (AvgIpc) is 2.81. The van der Waals surface area contributed by atoms with Crippen LogP contribution in [-0.2, 0) is 6.18 Å². The summed E-state index contributed by atoms with van der Waals surface area (Å²) in [6.45, 7) is 2.32. The van der Waals surface area contributed by atoms with Crippen LogP contribution in [0.4, 0.5) is 19.0 Å². The number of nitrogens with one attached hydrogen (secondary N) is 1. The Balaban J connectivity index is 2.22. The minimum atomic E-state index is -4.39. The molecule has 0 aromatic carbocycles. The van der Waals surface area contributed by atoms with Gasteiger partial charge < -0.3 is 10.1 Å². The maximum atomic E-state index is 12.8. The molecule has 0 amide bonds. The Hall–Kier alpha value is -1.46. The van der Waals surface area contributed by atoms with Gasteiger partial charge in [-0.1, -0.05) is 0 Å². The first-order valence-electron chi connectivity index (χ1n) is 6.49. The highest BCUT2D eigenvalue weighted by atomic mass is 19.4. The van der Waals surface area contributed by atoms with E-state index in [1.807, 2.05) is 0 Å². The molecule has 0 aliphatic heterocycles. The van der Waals surface area contributed by atoms with E-state index in [1.54, 1.807) is 6.92 Å². The summed E-state index contributed by atoms with van der Waals surface area (Å²) in [6.07, 6.45) is -0.512. The van der Waals surface area contributed by atoms with Crippen molar-refractivity contribution in [2.45, 2.75) is 44.9 Å². The Bertz CT molecular complexity index is 428. The van der Waals surface area contributed by atoms with Crippen LogP contribution in [0.1, 0.15) is 38.2 Å². The van der Waals surface area contributed by atoms with Gasteiger partial charge in [0, 0.05) is 12.6 Å². The van der Waals surface area contributed by atoms with Crippen molar-refractivity contribution in [1.82, 2.24) is 4.98 Å². The van der Waals surface area contributed by atoms with Gasteiger partial charge in [-0.05, 0) is 38.7 Å². The van der Waals surface area contributed by atoms with E-state index in [2.05, 4.69) is 10.3 Å². The van der Waals surface area contributed by atoms with Crippen molar-refractivity contribution in [2.75, 3.05) is 11.9 Å². The molecule has 3 nitrogen and oxygen atoms in total. The smallest absolute Gasteiger partial charge is 0.416 e. The summed E-state index contributed by atoms with van der Waals surface area (Å²) in [5, 5.41) is 2.79. The summed E-state index contributed by atoms with van der Waals surface area (Å²) in [5.74, 6) is 0.253. The number of anilines is 1. The van der Waals surface area contributed by atoms with E-state index in [1.165, 1.54) is 0 Å². The molecule has 0 atom stereocenters. The van der Waals surface area contributed by atoms with Gasteiger partial charge in [-0.15, -0.1) is 0 Å². The topological polar surface area (TPSA) is 34.1 Å². The van der Waals surface area contributed by atoms with Crippen LogP contribution in [0.15, 0.2) is 12.1 Å². The van der Waals surface area contributed by atoms with Crippen LogP contribution in [0.2, 0.25) is 0 Å². The fraction of sp³-hybridized carbons (Fsp3) is 0.615. The normalized spacial score (nSPS) is 16.6. The summed E-state index contributed by atoms with van der Waals surface area (Å²) in [7, 11) is 0. The lowest BCUT2D eigenvalue weighted by Crippen LogP contribution is -2.14. The van der Waals surface area contributed by atoms with Crippen molar-refractivity contribution in [1.29, 1.82) is 0 Å². The van der Waals surface area contributed by atoms with Crippen molar-refractivity contribution >= 4 is 5.82 Å². The van der Waals surface area contributed by atoms with Crippen molar-refractivity contribution in [3.8, 4) is 5.88 Å². The van der Waals surface area contributed by atoms with E-state index in [0.29, 0.717) is 6.54 Å². The summed E-state index contributed by atoms with van der Waals surface area (Å²) in [5.41, 5.74) is -0.730. The van der Waals surface area contributed by atoms with E-state index in [-0.39, 0.29) is 17.8 Å². The Labute approximate surface area is 110 Å². The predicted molar refractivity (Wildman–Crippen MR) is 66.3 cm³/mol. The molecule has 1 fully saturated rings. The fourth-order valence-electron chi connectivity index (χ4n) is 2.18. The zero-order valence-electron chi connectivity index (χ0n) is 10.8. The second-order valence-corrected chi connectivity index (χ2v) is 4.63. The van der Waals surface area contributed by atoms with E-state index in [0.717, 1.165) is 37.8 Å². The first-order chi connectivity index (χ1) is 8.99.